The van der Waals surface area contributed by atoms with Crippen LogP contribution in [0.3, 0.4) is 0 Å². The van der Waals surface area contributed by atoms with Gasteiger partial charge in [-0.05, 0) is 30.4 Å². The van der Waals surface area contributed by atoms with Crippen LogP contribution in [0.5, 0.6) is 11.5 Å². The molecule has 1 fully saturated rings. The van der Waals surface area contributed by atoms with E-state index in [1.807, 2.05) is 0 Å². The molecule has 0 aromatic heterocycles. The fraction of sp³-hybridized carbons (Fsp3) is 0.417. The van der Waals surface area contributed by atoms with Gasteiger partial charge in [0.15, 0.2) is 0 Å². The predicted molar refractivity (Wildman–Crippen MR) is 69.1 cm³/mol. The molecule has 20 heavy (non-hydrogen) atoms. The molecule has 0 aliphatic heterocycles. The SMILES string of the molecule is COc1cc(BO)cc(OC(F)F)c1C(=O)NC1CC1. The highest BCUT2D eigenvalue weighted by molar-refractivity contribution is 6.45. The summed E-state index contributed by atoms with van der Waals surface area (Å²) in [6, 6.07) is 2.69. The Morgan fingerprint density at radius 1 is 1.45 bits per heavy atom. The van der Waals surface area contributed by atoms with Crippen molar-refractivity contribution in [2.24, 2.45) is 0 Å². The molecule has 2 rings (SSSR count). The summed E-state index contributed by atoms with van der Waals surface area (Å²) >= 11 is 0. The molecule has 0 spiro atoms. The highest BCUT2D eigenvalue weighted by atomic mass is 19.3. The molecule has 1 saturated carbocycles. The van der Waals surface area contributed by atoms with Crippen molar-refractivity contribution in [2.45, 2.75) is 25.5 Å². The van der Waals surface area contributed by atoms with Crippen LogP contribution in [0, 0.1) is 0 Å². The summed E-state index contributed by atoms with van der Waals surface area (Å²) < 4.78 is 34.3. The highest BCUT2D eigenvalue weighted by Gasteiger charge is 2.28. The van der Waals surface area contributed by atoms with Crippen LogP contribution in [0.15, 0.2) is 12.1 Å². The molecule has 1 aromatic carbocycles. The zero-order chi connectivity index (χ0) is 14.7. The van der Waals surface area contributed by atoms with Gasteiger partial charge in [0.05, 0.1) is 7.11 Å². The number of hydrogen-bond donors (Lipinski definition) is 2. The van der Waals surface area contributed by atoms with Crippen LogP contribution in [0.1, 0.15) is 23.2 Å². The van der Waals surface area contributed by atoms with E-state index in [1.165, 1.54) is 19.2 Å². The van der Waals surface area contributed by atoms with Gasteiger partial charge in [-0.25, -0.2) is 0 Å². The molecular weight excluding hydrogens is 271 g/mol. The Bertz CT molecular complexity index is 508. The Hall–Kier alpha value is -1.83. The van der Waals surface area contributed by atoms with E-state index >= 15 is 0 Å². The molecule has 1 aliphatic rings. The number of halogens is 2. The lowest BCUT2D eigenvalue weighted by atomic mass is 9.87. The third-order valence-electron chi connectivity index (χ3n) is 2.88. The lowest BCUT2D eigenvalue weighted by Crippen LogP contribution is -2.28. The number of alkyl halides is 2. The minimum absolute atomic E-state index is 0.0733. The van der Waals surface area contributed by atoms with Crippen LogP contribution < -0.4 is 20.3 Å². The summed E-state index contributed by atoms with van der Waals surface area (Å²) in [5.41, 5.74) is 0.234. The van der Waals surface area contributed by atoms with Gasteiger partial charge in [0.2, 0.25) is 0 Å². The van der Waals surface area contributed by atoms with Crippen molar-refractivity contribution < 1.29 is 28.1 Å². The molecule has 1 amide bonds. The smallest absolute Gasteiger partial charge is 0.387 e. The quantitative estimate of drug-likeness (QED) is 0.731. The van der Waals surface area contributed by atoms with Crippen LogP contribution in [0.25, 0.3) is 0 Å². The van der Waals surface area contributed by atoms with Gasteiger partial charge in [-0.1, -0.05) is 0 Å². The topological polar surface area (TPSA) is 67.8 Å². The molecule has 1 aliphatic carbocycles. The Labute approximate surface area is 115 Å². The van der Waals surface area contributed by atoms with Crippen molar-refractivity contribution in [3.05, 3.63) is 17.7 Å². The Kier molecular flexibility index (Phi) is 4.44. The lowest BCUT2D eigenvalue weighted by Gasteiger charge is -2.15. The van der Waals surface area contributed by atoms with Gasteiger partial charge in [0.1, 0.15) is 17.1 Å². The van der Waals surface area contributed by atoms with E-state index in [-0.39, 0.29) is 30.6 Å². The fourth-order valence-corrected chi connectivity index (χ4v) is 1.79. The first-order valence-electron chi connectivity index (χ1n) is 6.12. The van der Waals surface area contributed by atoms with Crippen molar-refractivity contribution in [3.63, 3.8) is 0 Å². The van der Waals surface area contributed by atoms with Crippen molar-refractivity contribution in [3.8, 4) is 11.5 Å². The normalized spacial score (nSPS) is 14.1. The van der Waals surface area contributed by atoms with E-state index in [9.17, 15) is 13.6 Å². The largest absolute Gasteiger partial charge is 0.496 e. The number of hydrogen-bond acceptors (Lipinski definition) is 4. The number of amides is 1. The highest BCUT2D eigenvalue weighted by Crippen LogP contribution is 2.30. The maximum absolute atomic E-state index is 12.5. The van der Waals surface area contributed by atoms with Crippen molar-refractivity contribution in [2.75, 3.05) is 7.11 Å². The van der Waals surface area contributed by atoms with Crippen LogP contribution in [0.4, 0.5) is 8.78 Å². The van der Waals surface area contributed by atoms with Crippen molar-refractivity contribution in [1.29, 1.82) is 0 Å². The van der Waals surface area contributed by atoms with Crippen LogP contribution in [-0.2, 0) is 0 Å². The van der Waals surface area contributed by atoms with E-state index in [2.05, 4.69) is 10.1 Å². The number of methoxy groups -OCH3 is 1. The Balaban J connectivity index is 2.40. The van der Waals surface area contributed by atoms with E-state index < -0.39 is 12.5 Å². The molecule has 2 N–H and O–H groups in total. The summed E-state index contributed by atoms with van der Waals surface area (Å²) in [4.78, 5) is 12.1. The minimum Gasteiger partial charge on any atom is -0.496 e. The van der Waals surface area contributed by atoms with Crippen LogP contribution >= 0.6 is 0 Å². The molecule has 0 radical (unpaired) electrons. The van der Waals surface area contributed by atoms with Gasteiger partial charge < -0.3 is 19.8 Å². The molecular formula is C12H14BF2NO4. The second kappa shape index (κ2) is 6.08. The molecule has 0 atom stereocenters. The molecule has 1 aromatic rings. The predicted octanol–water partition coefficient (Wildman–Crippen LogP) is 0.158. The molecule has 108 valence electrons. The van der Waals surface area contributed by atoms with E-state index in [0.29, 0.717) is 5.46 Å². The average Bonchev–Trinajstić information content (AvgIpc) is 3.20. The average molecular weight is 285 g/mol. The summed E-state index contributed by atoms with van der Waals surface area (Å²) in [5.74, 6) is -0.739. The van der Waals surface area contributed by atoms with Crippen molar-refractivity contribution >= 4 is 18.9 Å². The third kappa shape index (κ3) is 3.38. The van der Waals surface area contributed by atoms with Crippen LogP contribution in [-0.4, -0.2) is 38.2 Å². The number of ether oxygens (including phenoxy) is 2. The fourth-order valence-electron chi connectivity index (χ4n) is 1.79. The molecule has 0 unspecified atom stereocenters. The van der Waals surface area contributed by atoms with Gasteiger partial charge in [0.25, 0.3) is 5.91 Å². The standard InChI is InChI=1S/C12H14BF2NO4/c1-19-8-4-6(13-18)5-9(20-12(14)15)10(8)11(17)16-7-2-3-7/h4-5,7,12-13,18H,2-3H2,1H3,(H,16,17). The second-order valence-electron chi connectivity index (χ2n) is 4.46. The molecule has 0 saturated heterocycles. The van der Waals surface area contributed by atoms with Gasteiger partial charge in [-0.15, -0.1) is 0 Å². The summed E-state index contributed by atoms with van der Waals surface area (Å²) in [6.07, 6.45) is 1.74. The number of nitrogens with one attached hydrogen (secondary N) is 1. The van der Waals surface area contributed by atoms with Crippen LogP contribution in [0.2, 0.25) is 0 Å². The number of benzene rings is 1. The van der Waals surface area contributed by atoms with Gasteiger partial charge in [-0.3, -0.25) is 4.79 Å². The van der Waals surface area contributed by atoms with E-state index in [0.717, 1.165) is 12.8 Å². The molecule has 8 heteroatoms. The van der Waals surface area contributed by atoms with Crippen molar-refractivity contribution in [1.82, 2.24) is 5.32 Å². The second-order valence-corrected chi connectivity index (χ2v) is 4.46. The van der Waals surface area contributed by atoms with Gasteiger partial charge >= 0.3 is 14.1 Å². The number of carbonyl (C=O) groups is 1. The Morgan fingerprint density at radius 3 is 2.60 bits per heavy atom. The lowest BCUT2D eigenvalue weighted by molar-refractivity contribution is -0.0502. The first-order valence-corrected chi connectivity index (χ1v) is 6.12. The zero-order valence-corrected chi connectivity index (χ0v) is 10.9. The molecule has 0 heterocycles. The summed E-state index contributed by atoms with van der Waals surface area (Å²) in [6.45, 7) is -3.07. The van der Waals surface area contributed by atoms with Gasteiger partial charge in [-0.2, -0.15) is 8.78 Å². The maximum Gasteiger partial charge on any atom is 0.387 e. The molecule has 5 nitrogen and oxygen atoms in total. The monoisotopic (exact) mass is 285 g/mol. The third-order valence-corrected chi connectivity index (χ3v) is 2.88. The first kappa shape index (κ1) is 14.6. The Morgan fingerprint density at radius 2 is 2.10 bits per heavy atom. The van der Waals surface area contributed by atoms with E-state index in [4.69, 9.17) is 9.76 Å². The number of carbonyl (C=O) groups excluding carboxylic acids is 1. The first-order chi connectivity index (χ1) is 9.55. The number of rotatable bonds is 6. The van der Waals surface area contributed by atoms with E-state index in [1.54, 1.807) is 0 Å². The summed E-state index contributed by atoms with van der Waals surface area (Å²) in [5, 5.41) is 11.8. The summed E-state index contributed by atoms with van der Waals surface area (Å²) in [7, 11) is 0.941. The zero-order valence-electron chi connectivity index (χ0n) is 10.9. The molecule has 0 bridgehead atoms. The maximum atomic E-state index is 12.5. The van der Waals surface area contributed by atoms with Gasteiger partial charge in [0, 0.05) is 6.04 Å². The minimum atomic E-state index is -3.07.